The van der Waals surface area contributed by atoms with Gasteiger partial charge in [0.05, 0.1) is 11.8 Å². The second kappa shape index (κ2) is 3.27. The maximum atomic E-state index is 5.78. The molecule has 3 rings (SSSR count). The zero-order valence-corrected chi connectivity index (χ0v) is 9.47. The van der Waals surface area contributed by atoms with Crippen LogP contribution in [0.1, 0.15) is 11.4 Å². The predicted octanol–water partition coefficient (Wildman–Crippen LogP) is 0.713. The Bertz CT molecular complexity index is 694. The first-order valence-electron chi connectivity index (χ1n) is 5.15. The molecule has 0 bridgehead atoms. The highest BCUT2D eigenvalue weighted by Crippen LogP contribution is 2.22. The molecule has 0 aromatic carbocycles. The Morgan fingerprint density at radius 2 is 2.12 bits per heavy atom. The number of nitrogens with one attached hydrogen (secondary N) is 1. The third-order valence-corrected chi connectivity index (χ3v) is 2.60. The quantitative estimate of drug-likeness (QED) is 0.640. The molecule has 3 N–H and O–H groups in total. The number of hydrogen-bond acceptors (Lipinski definition) is 5. The fourth-order valence-corrected chi connectivity index (χ4v) is 1.88. The number of aromatic amines is 1. The van der Waals surface area contributed by atoms with Crippen LogP contribution in [0, 0.1) is 13.8 Å². The molecular formula is C10H11N7. The van der Waals surface area contributed by atoms with Gasteiger partial charge in [-0.3, -0.25) is 9.50 Å². The van der Waals surface area contributed by atoms with Crippen LogP contribution in [0.4, 0.5) is 5.82 Å². The lowest BCUT2D eigenvalue weighted by atomic mass is 10.3. The third-order valence-electron chi connectivity index (χ3n) is 2.60. The molecule has 86 valence electrons. The summed E-state index contributed by atoms with van der Waals surface area (Å²) in [6.07, 6.45) is 1.63. The van der Waals surface area contributed by atoms with Crippen LogP contribution in [0.3, 0.4) is 0 Å². The minimum Gasteiger partial charge on any atom is -0.383 e. The van der Waals surface area contributed by atoms with Crippen LogP contribution >= 0.6 is 0 Å². The number of hydrogen-bond donors (Lipinski definition) is 2. The summed E-state index contributed by atoms with van der Waals surface area (Å²) in [4.78, 5) is 4.31. The zero-order chi connectivity index (χ0) is 12.0. The first-order valence-corrected chi connectivity index (χ1v) is 5.15. The van der Waals surface area contributed by atoms with Gasteiger partial charge in [0.15, 0.2) is 5.82 Å². The Labute approximate surface area is 96.7 Å². The average Bonchev–Trinajstić information content (AvgIpc) is 2.83. The zero-order valence-electron chi connectivity index (χ0n) is 9.47. The number of fused-ring (bicyclic) bond motifs is 1. The van der Waals surface area contributed by atoms with Crippen LogP contribution in [0.25, 0.3) is 17.2 Å². The van der Waals surface area contributed by atoms with Gasteiger partial charge in [0, 0.05) is 11.4 Å². The van der Waals surface area contributed by atoms with Gasteiger partial charge in [0.1, 0.15) is 5.82 Å². The van der Waals surface area contributed by atoms with Crippen molar-refractivity contribution in [2.45, 2.75) is 13.8 Å². The largest absolute Gasteiger partial charge is 0.383 e. The van der Waals surface area contributed by atoms with Crippen LogP contribution in [-0.2, 0) is 0 Å². The monoisotopic (exact) mass is 229 g/mol. The molecule has 3 heterocycles. The molecule has 0 fully saturated rings. The molecule has 0 radical (unpaired) electrons. The minimum absolute atomic E-state index is 0.472. The molecular weight excluding hydrogens is 218 g/mol. The van der Waals surface area contributed by atoms with Crippen LogP contribution < -0.4 is 5.73 Å². The van der Waals surface area contributed by atoms with E-state index >= 15 is 0 Å². The highest BCUT2D eigenvalue weighted by Gasteiger charge is 2.14. The van der Waals surface area contributed by atoms with E-state index in [9.17, 15) is 0 Å². The lowest BCUT2D eigenvalue weighted by Crippen LogP contribution is -1.99. The van der Waals surface area contributed by atoms with E-state index in [0.717, 1.165) is 17.0 Å². The van der Waals surface area contributed by atoms with Crippen LogP contribution in [-0.4, -0.2) is 29.8 Å². The number of nitrogen functional groups attached to an aromatic ring is 1. The van der Waals surface area contributed by atoms with Gasteiger partial charge in [0.25, 0.3) is 5.78 Å². The van der Waals surface area contributed by atoms with Gasteiger partial charge in [-0.1, -0.05) is 0 Å². The van der Waals surface area contributed by atoms with Crippen molar-refractivity contribution in [3.05, 3.63) is 23.7 Å². The topological polar surface area (TPSA) is 97.8 Å². The maximum absolute atomic E-state index is 5.78. The van der Waals surface area contributed by atoms with E-state index in [2.05, 4.69) is 25.4 Å². The van der Waals surface area contributed by atoms with Crippen molar-refractivity contribution in [1.29, 1.82) is 0 Å². The third kappa shape index (κ3) is 1.36. The van der Waals surface area contributed by atoms with Crippen molar-refractivity contribution in [3.8, 4) is 11.4 Å². The smallest absolute Gasteiger partial charge is 0.255 e. The van der Waals surface area contributed by atoms with Gasteiger partial charge >= 0.3 is 0 Å². The summed E-state index contributed by atoms with van der Waals surface area (Å²) in [7, 11) is 0. The number of aryl methyl sites for hydroxylation is 2. The van der Waals surface area contributed by atoms with Gasteiger partial charge in [-0.2, -0.15) is 5.10 Å². The molecule has 0 atom stereocenters. The van der Waals surface area contributed by atoms with E-state index < -0.39 is 0 Å². The van der Waals surface area contributed by atoms with E-state index in [1.807, 2.05) is 24.3 Å². The number of H-pyrrole nitrogens is 1. The van der Waals surface area contributed by atoms with E-state index in [0.29, 0.717) is 17.4 Å². The van der Waals surface area contributed by atoms with Crippen molar-refractivity contribution in [1.82, 2.24) is 29.8 Å². The molecule has 0 unspecified atom stereocenters. The number of rotatable bonds is 1. The molecule has 7 heteroatoms. The van der Waals surface area contributed by atoms with Gasteiger partial charge < -0.3 is 5.73 Å². The molecule has 0 aliphatic rings. The molecule has 17 heavy (non-hydrogen) atoms. The standard InChI is InChI=1S/C10H11N7/c1-5-3-6(2)17-9(15-16-10(17)13-5)7-4-12-14-8(7)11/h3-4H,1-2H3,(H3,11,12,14). The Kier molecular flexibility index (Phi) is 1.88. The van der Waals surface area contributed by atoms with Crippen LogP contribution in [0.15, 0.2) is 12.3 Å². The SMILES string of the molecule is Cc1cc(C)n2c(-c3cn[nH]c3N)nnc2n1. The molecule has 0 aliphatic carbocycles. The van der Waals surface area contributed by atoms with Gasteiger partial charge in [0.2, 0.25) is 0 Å². The highest BCUT2D eigenvalue weighted by molar-refractivity contribution is 5.69. The fraction of sp³-hybridized carbons (Fsp3) is 0.200. The van der Waals surface area contributed by atoms with Gasteiger partial charge in [-0.15, -0.1) is 10.2 Å². The number of nitrogens with zero attached hydrogens (tertiary/aromatic N) is 5. The summed E-state index contributed by atoms with van der Waals surface area (Å²) >= 11 is 0. The Morgan fingerprint density at radius 3 is 2.82 bits per heavy atom. The van der Waals surface area contributed by atoms with Gasteiger partial charge in [-0.25, -0.2) is 4.98 Å². The summed E-state index contributed by atoms with van der Waals surface area (Å²) in [5.41, 5.74) is 8.43. The first-order chi connectivity index (χ1) is 8.16. The first kappa shape index (κ1) is 9.76. The lowest BCUT2D eigenvalue weighted by Gasteiger charge is -2.03. The molecule has 0 aliphatic heterocycles. The Morgan fingerprint density at radius 1 is 1.29 bits per heavy atom. The molecule has 0 saturated heterocycles. The Hall–Kier alpha value is -2.44. The van der Waals surface area contributed by atoms with Crippen molar-refractivity contribution in [2.75, 3.05) is 5.73 Å². The molecule has 0 spiro atoms. The van der Waals surface area contributed by atoms with Crippen molar-refractivity contribution < 1.29 is 0 Å². The van der Waals surface area contributed by atoms with Crippen molar-refractivity contribution in [3.63, 3.8) is 0 Å². The summed E-state index contributed by atoms with van der Waals surface area (Å²) in [6, 6.07) is 1.97. The molecule has 7 nitrogen and oxygen atoms in total. The highest BCUT2D eigenvalue weighted by atomic mass is 15.3. The van der Waals surface area contributed by atoms with Gasteiger partial charge in [-0.05, 0) is 19.9 Å². The van der Waals surface area contributed by atoms with Crippen molar-refractivity contribution in [2.24, 2.45) is 0 Å². The van der Waals surface area contributed by atoms with Crippen molar-refractivity contribution >= 4 is 11.6 Å². The summed E-state index contributed by atoms with van der Waals surface area (Å²) in [6.45, 7) is 3.90. The van der Waals surface area contributed by atoms with E-state index in [4.69, 9.17) is 5.73 Å². The normalized spacial score (nSPS) is 11.2. The van der Waals surface area contributed by atoms with Crippen LogP contribution in [0.5, 0.6) is 0 Å². The molecule has 3 aromatic heterocycles. The second-order valence-electron chi connectivity index (χ2n) is 3.90. The van der Waals surface area contributed by atoms with E-state index in [1.54, 1.807) is 6.20 Å². The lowest BCUT2D eigenvalue weighted by molar-refractivity contribution is 1.02. The molecule has 0 saturated carbocycles. The second-order valence-corrected chi connectivity index (χ2v) is 3.90. The number of anilines is 1. The minimum atomic E-state index is 0.472. The summed E-state index contributed by atoms with van der Waals surface area (Å²) in [5, 5.41) is 14.7. The fourth-order valence-electron chi connectivity index (χ4n) is 1.88. The van der Waals surface area contributed by atoms with E-state index in [-0.39, 0.29) is 0 Å². The summed E-state index contributed by atoms with van der Waals surface area (Å²) < 4.78 is 1.86. The van der Waals surface area contributed by atoms with Crippen LogP contribution in [0.2, 0.25) is 0 Å². The molecule has 3 aromatic rings. The maximum Gasteiger partial charge on any atom is 0.255 e. The average molecular weight is 229 g/mol. The predicted molar refractivity (Wildman–Crippen MR) is 62.3 cm³/mol. The summed E-state index contributed by atoms with van der Waals surface area (Å²) in [5.74, 6) is 1.69. The van der Waals surface area contributed by atoms with E-state index in [1.165, 1.54) is 0 Å². The Balaban J connectivity index is 2.36. The number of nitrogens with two attached hydrogens (primary N) is 1. The molecule has 0 amide bonds. The number of aromatic nitrogens is 6.